The van der Waals surface area contributed by atoms with Crippen molar-refractivity contribution in [3.05, 3.63) is 52.0 Å². The number of aryl methyl sites for hydroxylation is 1. The number of nitrogens with one attached hydrogen (secondary N) is 1. The van der Waals surface area contributed by atoms with E-state index in [0.29, 0.717) is 25.5 Å². The number of amides is 1. The average Bonchev–Trinajstić information content (AvgIpc) is 2.59. The van der Waals surface area contributed by atoms with Crippen LogP contribution in [0.4, 0.5) is 0 Å². The maximum absolute atomic E-state index is 12.1. The van der Waals surface area contributed by atoms with Gasteiger partial charge in [0.15, 0.2) is 11.5 Å². The highest BCUT2D eigenvalue weighted by Gasteiger charge is 2.12. The zero-order valence-corrected chi connectivity index (χ0v) is 15.7. The number of benzene rings is 2. The average molecular weight is 408 g/mol. The van der Waals surface area contributed by atoms with Crippen LogP contribution in [-0.4, -0.2) is 24.9 Å². The predicted molar refractivity (Wildman–Crippen MR) is 98.9 cm³/mol. The molecule has 1 aliphatic rings. The van der Waals surface area contributed by atoms with Crippen LogP contribution in [0.5, 0.6) is 11.5 Å². The number of ether oxygens (including phenoxy) is 2. The fourth-order valence-electron chi connectivity index (χ4n) is 2.37. The Hall–Kier alpha value is -1.66. The van der Waals surface area contributed by atoms with Crippen molar-refractivity contribution < 1.29 is 14.3 Å². The molecule has 0 radical (unpaired) electrons. The van der Waals surface area contributed by atoms with Gasteiger partial charge < -0.3 is 14.8 Å². The molecule has 0 fully saturated rings. The second-order valence-corrected chi connectivity index (χ2v) is 7.39. The van der Waals surface area contributed by atoms with E-state index in [1.807, 2.05) is 37.3 Å². The minimum absolute atomic E-state index is 0.0113. The predicted octanol–water partition coefficient (Wildman–Crippen LogP) is 3.94. The summed E-state index contributed by atoms with van der Waals surface area (Å²) in [6, 6.07) is 11.8. The Morgan fingerprint density at radius 2 is 1.96 bits per heavy atom. The second-order valence-electron chi connectivity index (χ2n) is 5.45. The van der Waals surface area contributed by atoms with E-state index < -0.39 is 0 Å². The summed E-state index contributed by atoms with van der Waals surface area (Å²) in [5.41, 5.74) is 2.16. The van der Waals surface area contributed by atoms with Gasteiger partial charge in [0.05, 0.1) is 5.75 Å². The van der Waals surface area contributed by atoms with Crippen LogP contribution in [-0.2, 0) is 11.3 Å². The molecule has 1 heterocycles. The van der Waals surface area contributed by atoms with E-state index in [1.54, 1.807) is 11.8 Å². The molecule has 6 heteroatoms. The van der Waals surface area contributed by atoms with Gasteiger partial charge in [-0.1, -0.05) is 22.0 Å². The van der Waals surface area contributed by atoms with Crippen LogP contribution < -0.4 is 14.8 Å². The van der Waals surface area contributed by atoms with Crippen LogP contribution in [0.1, 0.15) is 11.1 Å². The van der Waals surface area contributed by atoms with Crippen molar-refractivity contribution in [1.29, 1.82) is 0 Å². The summed E-state index contributed by atoms with van der Waals surface area (Å²) in [6.07, 6.45) is 0. The summed E-state index contributed by atoms with van der Waals surface area (Å²) in [7, 11) is 0. The summed E-state index contributed by atoms with van der Waals surface area (Å²) < 4.78 is 12.1. The van der Waals surface area contributed by atoms with Gasteiger partial charge >= 0.3 is 0 Å². The summed E-state index contributed by atoms with van der Waals surface area (Å²) >= 11 is 4.99. The van der Waals surface area contributed by atoms with Crippen molar-refractivity contribution in [3.63, 3.8) is 0 Å². The van der Waals surface area contributed by atoms with E-state index >= 15 is 0 Å². The Balaban J connectivity index is 1.50. The van der Waals surface area contributed by atoms with Gasteiger partial charge in [0.25, 0.3) is 0 Å². The molecule has 0 saturated carbocycles. The van der Waals surface area contributed by atoms with Crippen LogP contribution in [0.3, 0.4) is 0 Å². The third-order valence-corrected chi connectivity index (χ3v) is 5.26. The first-order valence-corrected chi connectivity index (χ1v) is 9.44. The minimum atomic E-state index is 0.0113. The molecule has 4 nitrogen and oxygen atoms in total. The SMILES string of the molecule is Cc1cc(Br)ccc1SCC(=O)NCc1ccc2c(c1)OCCO2. The molecular weight excluding hydrogens is 390 g/mol. The van der Waals surface area contributed by atoms with Gasteiger partial charge in [-0.25, -0.2) is 0 Å². The molecule has 0 saturated heterocycles. The largest absolute Gasteiger partial charge is 0.486 e. The molecule has 1 amide bonds. The lowest BCUT2D eigenvalue weighted by atomic mass is 10.2. The molecule has 0 spiro atoms. The van der Waals surface area contributed by atoms with Gasteiger partial charge in [-0.15, -0.1) is 11.8 Å². The zero-order chi connectivity index (χ0) is 16.9. The highest BCUT2D eigenvalue weighted by atomic mass is 79.9. The molecular formula is C18H18BrNO3S. The molecule has 2 aromatic carbocycles. The Morgan fingerprint density at radius 1 is 1.17 bits per heavy atom. The minimum Gasteiger partial charge on any atom is -0.486 e. The molecule has 3 rings (SSSR count). The van der Waals surface area contributed by atoms with Crippen LogP contribution in [0.15, 0.2) is 45.8 Å². The van der Waals surface area contributed by atoms with Crippen molar-refractivity contribution in [1.82, 2.24) is 5.32 Å². The molecule has 0 aliphatic carbocycles. The summed E-state index contributed by atoms with van der Waals surface area (Å²) in [5.74, 6) is 1.91. The Morgan fingerprint density at radius 3 is 2.75 bits per heavy atom. The number of halogens is 1. The van der Waals surface area contributed by atoms with E-state index in [4.69, 9.17) is 9.47 Å². The Bertz CT molecular complexity index is 751. The van der Waals surface area contributed by atoms with E-state index in [-0.39, 0.29) is 5.91 Å². The molecule has 0 atom stereocenters. The molecule has 0 bridgehead atoms. The lowest BCUT2D eigenvalue weighted by Gasteiger charge is -2.19. The van der Waals surface area contributed by atoms with Gasteiger partial charge in [-0.3, -0.25) is 4.79 Å². The lowest BCUT2D eigenvalue weighted by Crippen LogP contribution is -2.24. The van der Waals surface area contributed by atoms with Crippen molar-refractivity contribution in [2.24, 2.45) is 0 Å². The standard InChI is InChI=1S/C18H18BrNO3S/c1-12-8-14(19)3-5-17(12)24-11-18(21)20-10-13-2-4-15-16(9-13)23-7-6-22-15/h2-5,8-9H,6-7,10-11H2,1H3,(H,20,21). The molecule has 1 aliphatic heterocycles. The van der Waals surface area contributed by atoms with Crippen molar-refractivity contribution in [2.75, 3.05) is 19.0 Å². The van der Waals surface area contributed by atoms with Crippen LogP contribution in [0.2, 0.25) is 0 Å². The van der Waals surface area contributed by atoms with Gasteiger partial charge in [0, 0.05) is 15.9 Å². The van der Waals surface area contributed by atoms with Gasteiger partial charge in [0.2, 0.25) is 5.91 Å². The number of rotatable bonds is 5. The van der Waals surface area contributed by atoms with Crippen LogP contribution in [0, 0.1) is 6.92 Å². The third-order valence-electron chi connectivity index (χ3n) is 3.59. The number of hydrogen-bond acceptors (Lipinski definition) is 4. The number of carbonyl (C=O) groups excluding carboxylic acids is 1. The van der Waals surface area contributed by atoms with E-state index in [1.165, 1.54) is 0 Å². The molecule has 24 heavy (non-hydrogen) atoms. The number of thioether (sulfide) groups is 1. The smallest absolute Gasteiger partial charge is 0.230 e. The first-order chi connectivity index (χ1) is 11.6. The summed E-state index contributed by atoms with van der Waals surface area (Å²) in [4.78, 5) is 13.2. The fraction of sp³-hybridized carbons (Fsp3) is 0.278. The van der Waals surface area contributed by atoms with Crippen molar-refractivity contribution in [2.45, 2.75) is 18.4 Å². The van der Waals surface area contributed by atoms with Crippen LogP contribution >= 0.6 is 27.7 Å². The maximum Gasteiger partial charge on any atom is 0.230 e. The molecule has 2 aromatic rings. The molecule has 0 aromatic heterocycles. The van der Waals surface area contributed by atoms with Gasteiger partial charge in [0.1, 0.15) is 13.2 Å². The Kier molecular flexibility index (Phi) is 5.68. The third kappa shape index (κ3) is 4.45. The lowest BCUT2D eigenvalue weighted by molar-refractivity contribution is -0.118. The molecule has 1 N–H and O–H groups in total. The van der Waals surface area contributed by atoms with Gasteiger partial charge in [-0.05, 0) is 48.4 Å². The normalized spacial score (nSPS) is 12.8. The first-order valence-electron chi connectivity index (χ1n) is 7.66. The quantitative estimate of drug-likeness (QED) is 0.762. The van der Waals surface area contributed by atoms with Crippen molar-refractivity contribution in [3.8, 4) is 11.5 Å². The van der Waals surface area contributed by atoms with E-state index in [0.717, 1.165) is 32.0 Å². The number of hydrogen-bond donors (Lipinski definition) is 1. The van der Waals surface area contributed by atoms with E-state index in [2.05, 4.69) is 27.3 Å². The first kappa shape index (κ1) is 17.2. The van der Waals surface area contributed by atoms with Crippen LogP contribution in [0.25, 0.3) is 0 Å². The Labute approximate surface area is 154 Å². The highest BCUT2D eigenvalue weighted by molar-refractivity contribution is 9.10. The summed E-state index contributed by atoms with van der Waals surface area (Å²) in [6.45, 7) is 3.66. The second kappa shape index (κ2) is 7.94. The van der Waals surface area contributed by atoms with Gasteiger partial charge in [-0.2, -0.15) is 0 Å². The fourth-order valence-corrected chi connectivity index (χ4v) is 3.68. The van der Waals surface area contributed by atoms with Crippen molar-refractivity contribution >= 4 is 33.6 Å². The monoisotopic (exact) mass is 407 g/mol. The summed E-state index contributed by atoms with van der Waals surface area (Å²) in [5, 5.41) is 2.94. The highest BCUT2D eigenvalue weighted by Crippen LogP contribution is 2.30. The maximum atomic E-state index is 12.1. The molecule has 126 valence electrons. The van der Waals surface area contributed by atoms with E-state index in [9.17, 15) is 4.79 Å². The number of carbonyl (C=O) groups is 1. The zero-order valence-electron chi connectivity index (χ0n) is 13.3. The molecule has 0 unspecified atom stereocenters. The number of fused-ring (bicyclic) bond motifs is 1. The topological polar surface area (TPSA) is 47.6 Å².